The molecule has 0 spiro atoms. The van der Waals surface area contributed by atoms with E-state index in [1.54, 1.807) is 23.7 Å². The van der Waals surface area contributed by atoms with Crippen LogP contribution in [-0.2, 0) is 0 Å². The van der Waals surface area contributed by atoms with Crippen LogP contribution in [-0.4, -0.2) is 19.9 Å². The lowest BCUT2D eigenvalue weighted by molar-refractivity contribution is 1.36. The van der Waals surface area contributed by atoms with Gasteiger partial charge in [0.15, 0.2) is 0 Å². The van der Waals surface area contributed by atoms with E-state index in [1.807, 2.05) is 29.6 Å². The molecule has 110 valence electrons. The average molecular weight is 381 g/mol. The first-order valence-electron chi connectivity index (χ1n) is 7.07. The quantitative estimate of drug-likeness (QED) is 0.409. The minimum absolute atomic E-state index is 0.864. The number of halogens is 1. The molecule has 5 rings (SSSR count). The first-order chi connectivity index (χ1) is 11.3. The van der Waals surface area contributed by atoms with Gasteiger partial charge < -0.3 is 4.98 Å². The maximum Gasteiger partial charge on any atom is 0.149 e. The zero-order chi connectivity index (χ0) is 15.4. The van der Waals surface area contributed by atoms with E-state index < -0.39 is 0 Å². The van der Waals surface area contributed by atoms with Crippen LogP contribution >= 0.6 is 27.3 Å². The summed E-state index contributed by atoms with van der Waals surface area (Å²) < 4.78 is 1.05. The number of imidazole rings is 1. The second kappa shape index (κ2) is 4.84. The molecule has 0 atom stereocenters. The van der Waals surface area contributed by atoms with Crippen LogP contribution in [0, 0.1) is 0 Å². The minimum atomic E-state index is 0.864. The summed E-state index contributed by atoms with van der Waals surface area (Å²) in [5.74, 6) is 0.864. The predicted molar refractivity (Wildman–Crippen MR) is 97.7 cm³/mol. The summed E-state index contributed by atoms with van der Waals surface area (Å²) >= 11 is 5.24. The summed E-state index contributed by atoms with van der Waals surface area (Å²) in [6.45, 7) is 0. The van der Waals surface area contributed by atoms with Gasteiger partial charge in [0.2, 0.25) is 0 Å². The van der Waals surface area contributed by atoms with Gasteiger partial charge in [0.25, 0.3) is 0 Å². The van der Waals surface area contributed by atoms with Crippen molar-refractivity contribution in [2.24, 2.45) is 0 Å². The van der Waals surface area contributed by atoms with Crippen molar-refractivity contribution in [1.82, 2.24) is 19.9 Å². The number of thiophene rings is 1. The van der Waals surface area contributed by atoms with Crippen LogP contribution in [0.2, 0.25) is 0 Å². The SMILES string of the molecule is Brc1ccsc1-c1nc2c3cccnc3c3ncccc3c2[nH]1. The Balaban J connectivity index is 2.01. The van der Waals surface area contributed by atoms with Gasteiger partial charge in [-0.25, -0.2) is 4.98 Å². The number of rotatable bonds is 1. The maximum absolute atomic E-state index is 4.85. The Labute approximate surface area is 143 Å². The van der Waals surface area contributed by atoms with Crippen LogP contribution in [0.3, 0.4) is 0 Å². The third-order valence-electron chi connectivity index (χ3n) is 3.90. The zero-order valence-electron chi connectivity index (χ0n) is 11.7. The normalized spacial score (nSPS) is 11.7. The molecular formula is C17H9BrN4S. The molecule has 0 amide bonds. The lowest BCUT2D eigenvalue weighted by atomic mass is 10.1. The molecule has 23 heavy (non-hydrogen) atoms. The van der Waals surface area contributed by atoms with Crippen molar-refractivity contribution in [3.8, 4) is 10.7 Å². The van der Waals surface area contributed by atoms with E-state index in [0.717, 1.165) is 48.0 Å². The van der Waals surface area contributed by atoms with E-state index in [-0.39, 0.29) is 0 Å². The molecule has 0 aliphatic carbocycles. The van der Waals surface area contributed by atoms with Crippen molar-refractivity contribution in [2.45, 2.75) is 0 Å². The number of hydrogen-bond acceptors (Lipinski definition) is 4. The molecule has 0 aliphatic rings. The third kappa shape index (κ3) is 1.85. The van der Waals surface area contributed by atoms with Crippen LogP contribution in [0.25, 0.3) is 43.5 Å². The van der Waals surface area contributed by atoms with Gasteiger partial charge in [-0.15, -0.1) is 11.3 Å². The molecule has 0 radical (unpaired) electrons. The topological polar surface area (TPSA) is 54.5 Å². The highest BCUT2D eigenvalue weighted by Crippen LogP contribution is 2.36. The summed E-state index contributed by atoms with van der Waals surface area (Å²) in [6.07, 6.45) is 3.60. The van der Waals surface area contributed by atoms with Gasteiger partial charge in [0.1, 0.15) is 5.82 Å². The van der Waals surface area contributed by atoms with E-state index >= 15 is 0 Å². The number of pyridine rings is 2. The molecule has 6 heteroatoms. The van der Waals surface area contributed by atoms with Gasteiger partial charge in [-0.05, 0) is 51.6 Å². The van der Waals surface area contributed by atoms with Crippen molar-refractivity contribution in [2.75, 3.05) is 0 Å². The number of aromatic amines is 1. The molecular weight excluding hydrogens is 372 g/mol. The first kappa shape index (κ1) is 13.2. The van der Waals surface area contributed by atoms with Gasteiger partial charge in [-0.2, -0.15) is 0 Å². The van der Waals surface area contributed by atoms with Gasteiger partial charge in [-0.1, -0.05) is 0 Å². The van der Waals surface area contributed by atoms with Crippen LogP contribution in [0.15, 0.2) is 52.6 Å². The Morgan fingerprint density at radius 1 is 0.913 bits per heavy atom. The molecule has 0 saturated heterocycles. The Kier molecular flexibility index (Phi) is 2.77. The fraction of sp³-hybridized carbons (Fsp3) is 0. The molecule has 1 aromatic carbocycles. The van der Waals surface area contributed by atoms with Crippen LogP contribution in [0.4, 0.5) is 0 Å². The maximum atomic E-state index is 4.85. The van der Waals surface area contributed by atoms with Gasteiger partial charge in [0.05, 0.1) is 26.9 Å². The Bertz CT molecular complexity index is 1120. The lowest BCUT2D eigenvalue weighted by Crippen LogP contribution is -1.86. The lowest BCUT2D eigenvalue weighted by Gasteiger charge is -2.03. The molecule has 0 unspecified atom stereocenters. The summed E-state index contributed by atoms with van der Waals surface area (Å²) in [6, 6.07) is 10.0. The largest absolute Gasteiger partial charge is 0.337 e. The predicted octanol–water partition coefficient (Wildman–Crippen LogP) is 5.15. The molecule has 0 saturated carbocycles. The molecule has 0 fully saturated rings. The highest BCUT2D eigenvalue weighted by molar-refractivity contribution is 9.10. The van der Waals surface area contributed by atoms with E-state index in [1.165, 1.54) is 0 Å². The molecule has 4 nitrogen and oxygen atoms in total. The molecule has 0 aliphatic heterocycles. The number of fused-ring (bicyclic) bond motifs is 6. The number of nitrogens with zero attached hydrogens (tertiary/aromatic N) is 3. The molecule has 4 aromatic heterocycles. The molecule has 0 bridgehead atoms. The van der Waals surface area contributed by atoms with Crippen molar-refractivity contribution in [1.29, 1.82) is 0 Å². The van der Waals surface area contributed by atoms with Gasteiger partial charge in [0, 0.05) is 27.6 Å². The van der Waals surface area contributed by atoms with E-state index in [0.29, 0.717) is 0 Å². The van der Waals surface area contributed by atoms with Gasteiger partial charge in [-0.3, -0.25) is 9.97 Å². The smallest absolute Gasteiger partial charge is 0.149 e. The van der Waals surface area contributed by atoms with Crippen molar-refractivity contribution < 1.29 is 0 Å². The number of H-pyrrole nitrogens is 1. The number of hydrogen-bond donors (Lipinski definition) is 1. The summed E-state index contributed by atoms with van der Waals surface area (Å²) in [4.78, 5) is 18.5. The fourth-order valence-corrected chi connectivity index (χ4v) is 4.42. The number of benzene rings is 1. The highest BCUT2D eigenvalue weighted by atomic mass is 79.9. The number of aromatic nitrogens is 4. The second-order valence-electron chi connectivity index (χ2n) is 5.21. The fourth-order valence-electron chi connectivity index (χ4n) is 2.91. The van der Waals surface area contributed by atoms with Crippen molar-refractivity contribution >= 4 is 60.1 Å². The van der Waals surface area contributed by atoms with Crippen LogP contribution in [0.1, 0.15) is 0 Å². The van der Waals surface area contributed by atoms with Gasteiger partial charge >= 0.3 is 0 Å². The molecule has 1 N–H and O–H groups in total. The van der Waals surface area contributed by atoms with Crippen molar-refractivity contribution in [3.63, 3.8) is 0 Å². The first-order valence-corrected chi connectivity index (χ1v) is 8.74. The van der Waals surface area contributed by atoms with E-state index in [2.05, 4.69) is 36.9 Å². The van der Waals surface area contributed by atoms with E-state index in [4.69, 9.17) is 4.98 Å². The Hall–Kier alpha value is -2.31. The van der Waals surface area contributed by atoms with Crippen LogP contribution in [0.5, 0.6) is 0 Å². The Morgan fingerprint density at radius 2 is 1.65 bits per heavy atom. The second-order valence-corrected chi connectivity index (χ2v) is 6.98. The van der Waals surface area contributed by atoms with Crippen molar-refractivity contribution in [3.05, 3.63) is 52.6 Å². The molecule has 5 aromatic rings. The summed E-state index contributed by atoms with van der Waals surface area (Å²) in [5, 5.41) is 4.11. The highest BCUT2D eigenvalue weighted by Gasteiger charge is 2.16. The van der Waals surface area contributed by atoms with Crippen LogP contribution < -0.4 is 0 Å². The number of nitrogens with one attached hydrogen (secondary N) is 1. The zero-order valence-corrected chi connectivity index (χ0v) is 14.1. The minimum Gasteiger partial charge on any atom is -0.337 e. The Morgan fingerprint density at radius 3 is 2.39 bits per heavy atom. The summed E-state index contributed by atoms with van der Waals surface area (Å²) in [7, 11) is 0. The summed E-state index contributed by atoms with van der Waals surface area (Å²) in [5.41, 5.74) is 3.72. The van der Waals surface area contributed by atoms with E-state index in [9.17, 15) is 0 Å². The molecule has 4 heterocycles. The third-order valence-corrected chi connectivity index (χ3v) is 5.74. The monoisotopic (exact) mass is 380 g/mol. The average Bonchev–Trinajstić information content (AvgIpc) is 3.21. The standard InChI is InChI=1S/C17H9BrN4S/c18-11-5-8-23-16(11)17-21-14-9-3-1-6-19-12(9)13-10(15(14)22-17)4-2-7-20-13/h1-8H,(H,21,22).